The van der Waals surface area contributed by atoms with Gasteiger partial charge in [0.2, 0.25) is 5.78 Å². The van der Waals surface area contributed by atoms with Crippen molar-refractivity contribution in [3.63, 3.8) is 0 Å². The topological polar surface area (TPSA) is 68.5 Å². The number of fused-ring (bicyclic) bond motifs is 1. The van der Waals surface area contributed by atoms with E-state index in [4.69, 9.17) is 9.15 Å². The van der Waals surface area contributed by atoms with Crippen LogP contribution in [0.25, 0.3) is 0 Å². The molecule has 108 valence electrons. The number of ether oxygens (including phenoxy) is 1. The highest BCUT2D eigenvalue weighted by Crippen LogP contribution is 2.23. The minimum absolute atomic E-state index is 0.231. The average molecular weight is 285 g/mol. The molecule has 1 aromatic heterocycles. The molecule has 0 saturated heterocycles. The smallest absolute Gasteiger partial charge is 0.255 e. The predicted octanol–water partition coefficient (Wildman–Crippen LogP) is 2.20. The van der Waals surface area contributed by atoms with Gasteiger partial charge in [0.15, 0.2) is 5.76 Å². The molecular weight excluding hydrogens is 270 g/mol. The monoisotopic (exact) mass is 285 g/mol. The van der Waals surface area contributed by atoms with Gasteiger partial charge in [0, 0.05) is 12.0 Å². The van der Waals surface area contributed by atoms with Crippen LogP contribution in [0.2, 0.25) is 0 Å². The second-order valence-corrected chi connectivity index (χ2v) is 4.76. The minimum Gasteiger partial charge on any atom is -0.491 e. The van der Waals surface area contributed by atoms with Gasteiger partial charge in [-0.3, -0.25) is 9.59 Å². The molecule has 5 nitrogen and oxygen atoms in total. The Hall–Kier alpha value is -2.56. The highest BCUT2D eigenvalue weighted by Gasteiger charge is 2.20. The van der Waals surface area contributed by atoms with Crippen LogP contribution in [0.3, 0.4) is 0 Å². The molecule has 0 radical (unpaired) electrons. The molecule has 0 spiro atoms. The first kappa shape index (κ1) is 13.4. The lowest BCUT2D eigenvalue weighted by Gasteiger charge is -2.06. The zero-order chi connectivity index (χ0) is 14.8. The van der Waals surface area contributed by atoms with Crippen molar-refractivity contribution in [2.24, 2.45) is 0 Å². The summed E-state index contributed by atoms with van der Waals surface area (Å²) < 4.78 is 10.9. The fourth-order valence-electron chi connectivity index (χ4n) is 2.23. The van der Waals surface area contributed by atoms with Crippen LogP contribution in [-0.4, -0.2) is 24.8 Å². The third-order valence-corrected chi connectivity index (χ3v) is 3.37. The number of nitrogens with one attached hydrogen (secondary N) is 1. The van der Waals surface area contributed by atoms with Crippen molar-refractivity contribution in [2.45, 2.75) is 13.3 Å². The molecule has 1 aliphatic heterocycles. The number of ketones is 1. The number of hydrogen-bond acceptors (Lipinski definition) is 4. The second-order valence-electron chi connectivity index (χ2n) is 4.76. The van der Waals surface area contributed by atoms with E-state index in [1.54, 1.807) is 30.3 Å². The van der Waals surface area contributed by atoms with E-state index >= 15 is 0 Å². The van der Waals surface area contributed by atoms with Crippen molar-refractivity contribution < 1.29 is 18.7 Å². The molecule has 0 bridgehead atoms. The van der Waals surface area contributed by atoms with Gasteiger partial charge in [0.1, 0.15) is 18.1 Å². The zero-order valence-electron chi connectivity index (χ0n) is 11.6. The van der Waals surface area contributed by atoms with Crippen molar-refractivity contribution >= 4 is 11.7 Å². The molecule has 5 heteroatoms. The number of benzene rings is 1. The van der Waals surface area contributed by atoms with Crippen molar-refractivity contribution in [3.8, 4) is 5.75 Å². The maximum atomic E-state index is 12.4. The number of amides is 1. The SMILES string of the molecule is CCc1ccc(C(=O)c2ccc3c(c2)C(=O)NCCO3)o1. The molecule has 0 atom stereocenters. The molecule has 21 heavy (non-hydrogen) atoms. The van der Waals surface area contributed by atoms with Crippen LogP contribution in [0.1, 0.15) is 39.2 Å². The van der Waals surface area contributed by atoms with Crippen molar-refractivity contribution in [3.05, 3.63) is 53.0 Å². The zero-order valence-corrected chi connectivity index (χ0v) is 11.6. The van der Waals surface area contributed by atoms with E-state index in [2.05, 4.69) is 5.32 Å². The Balaban J connectivity index is 1.96. The molecule has 0 fully saturated rings. The van der Waals surface area contributed by atoms with E-state index < -0.39 is 0 Å². The van der Waals surface area contributed by atoms with E-state index in [-0.39, 0.29) is 17.5 Å². The van der Waals surface area contributed by atoms with Gasteiger partial charge in [-0.1, -0.05) is 6.92 Å². The molecular formula is C16H15NO4. The van der Waals surface area contributed by atoms with Gasteiger partial charge in [-0.25, -0.2) is 0 Å². The summed E-state index contributed by atoms with van der Waals surface area (Å²) in [5, 5.41) is 2.72. The summed E-state index contributed by atoms with van der Waals surface area (Å²) in [4.78, 5) is 24.3. The molecule has 2 heterocycles. The first-order valence-corrected chi connectivity index (χ1v) is 6.87. The molecule has 1 aromatic carbocycles. The van der Waals surface area contributed by atoms with Crippen LogP contribution in [-0.2, 0) is 6.42 Å². The molecule has 0 unspecified atom stereocenters. The van der Waals surface area contributed by atoms with Crippen LogP contribution in [0.4, 0.5) is 0 Å². The molecule has 1 amide bonds. The van der Waals surface area contributed by atoms with Crippen LogP contribution < -0.4 is 10.1 Å². The quantitative estimate of drug-likeness (QED) is 0.878. The van der Waals surface area contributed by atoms with Gasteiger partial charge < -0.3 is 14.5 Å². The number of aryl methyl sites for hydroxylation is 1. The third kappa shape index (κ3) is 2.54. The Morgan fingerprint density at radius 2 is 2.14 bits per heavy atom. The number of rotatable bonds is 3. The fourth-order valence-corrected chi connectivity index (χ4v) is 2.23. The lowest BCUT2D eigenvalue weighted by molar-refractivity contribution is 0.0957. The third-order valence-electron chi connectivity index (χ3n) is 3.37. The van der Waals surface area contributed by atoms with E-state index in [1.807, 2.05) is 6.92 Å². The van der Waals surface area contributed by atoms with Crippen molar-refractivity contribution in [1.29, 1.82) is 0 Å². The summed E-state index contributed by atoms with van der Waals surface area (Å²) in [5.41, 5.74) is 0.784. The van der Waals surface area contributed by atoms with E-state index in [0.717, 1.165) is 12.2 Å². The van der Waals surface area contributed by atoms with Gasteiger partial charge in [0.05, 0.1) is 12.1 Å². The average Bonchev–Trinajstić information content (AvgIpc) is 2.92. The van der Waals surface area contributed by atoms with E-state index in [9.17, 15) is 9.59 Å². The summed E-state index contributed by atoms with van der Waals surface area (Å²) in [7, 11) is 0. The standard InChI is InChI=1S/C16H15NO4/c1-2-11-4-6-14(21-11)15(18)10-3-5-13-12(9-10)16(19)17-7-8-20-13/h3-6,9H,2,7-8H2,1H3,(H,17,19). The Bertz CT molecular complexity index is 702. The number of hydrogen-bond donors (Lipinski definition) is 1. The first-order chi connectivity index (χ1) is 10.2. The van der Waals surface area contributed by atoms with Crippen molar-refractivity contribution in [1.82, 2.24) is 5.32 Å². The summed E-state index contributed by atoms with van der Waals surface area (Å²) in [5.74, 6) is 1.06. The van der Waals surface area contributed by atoms with Gasteiger partial charge >= 0.3 is 0 Å². The molecule has 0 aliphatic carbocycles. The van der Waals surface area contributed by atoms with Crippen LogP contribution in [0.5, 0.6) is 5.75 Å². The van der Waals surface area contributed by atoms with Crippen LogP contribution in [0, 0.1) is 0 Å². The molecule has 1 aliphatic rings. The minimum atomic E-state index is -0.241. The van der Waals surface area contributed by atoms with Crippen molar-refractivity contribution in [2.75, 3.05) is 13.2 Å². The molecule has 2 aromatic rings. The van der Waals surface area contributed by atoms with E-state index in [1.165, 1.54) is 0 Å². The Kier molecular flexibility index (Phi) is 3.48. The highest BCUT2D eigenvalue weighted by atomic mass is 16.5. The summed E-state index contributed by atoms with van der Waals surface area (Å²) in [6.45, 7) is 2.83. The number of furan rings is 1. The second kappa shape index (κ2) is 5.44. The summed E-state index contributed by atoms with van der Waals surface area (Å²) in [6, 6.07) is 8.29. The van der Waals surface area contributed by atoms with Crippen LogP contribution in [0.15, 0.2) is 34.7 Å². The molecule has 3 rings (SSSR count). The van der Waals surface area contributed by atoms with Gasteiger partial charge in [0.25, 0.3) is 5.91 Å². The van der Waals surface area contributed by atoms with Gasteiger partial charge in [-0.05, 0) is 30.3 Å². The Morgan fingerprint density at radius 1 is 1.29 bits per heavy atom. The molecule has 0 saturated carbocycles. The first-order valence-electron chi connectivity index (χ1n) is 6.87. The maximum Gasteiger partial charge on any atom is 0.255 e. The lowest BCUT2D eigenvalue weighted by atomic mass is 10.0. The maximum absolute atomic E-state index is 12.4. The van der Waals surface area contributed by atoms with Gasteiger partial charge in [-0.2, -0.15) is 0 Å². The van der Waals surface area contributed by atoms with Crippen LogP contribution >= 0.6 is 0 Å². The fraction of sp³-hybridized carbons (Fsp3) is 0.250. The Morgan fingerprint density at radius 3 is 2.90 bits per heavy atom. The van der Waals surface area contributed by atoms with E-state index in [0.29, 0.717) is 30.0 Å². The lowest BCUT2D eigenvalue weighted by Crippen LogP contribution is -2.24. The van der Waals surface area contributed by atoms with Gasteiger partial charge in [-0.15, -0.1) is 0 Å². The largest absolute Gasteiger partial charge is 0.491 e. The highest BCUT2D eigenvalue weighted by molar-refractivity contribution is 6.09. The number of carbonyl (C=O) groups is 2. The summed E-state index contributed by atoms with van der Waals surface area (Å²) in [6.07, 6.45) is 0.730. The number of carbonyl (C=O) groups excluding carboxylic acids is 2. The normalized spacial score (nSPS) is 13.9. The predicted molar refractivity (Wildman–Crippen MR) is 75.8 cm³/mol. The Labute approximate surface area is 121 Å². The molecule has 1 N–H and O–H groups in total. The summed E-state index contributed by atoms with van der Waals surface area (Å²) >= 11 is 0.